The lowest BCUT2D eigenvalue weighted by Crippen LogP contribution is -2.40. The number of hydrogen-bond acceptors (Lipinski definition) is 5. The summed E-state index contributed by atoms with van der Waals surface area (Å²) in [5, 5.41) is 2.13. The molecule has 0 unspecified atom stereocenters. The highest BCUT2D eigenvalue weighted by molar-refractivity contribution is 8.08. The molecule has 15 heavy (non-hydrogen) atoms. The van der Waals surface area contributed by atoms with E-state index < -0.39 is 36.7 Å². The number of amides is 1. The highest BCUT2D eigenvalue weighted by atomic mass is 32.3. The Bertz CT molecular complexity index is 416. The van der Waals surface area contributed by atoms with Crippen molar-refractivity contribution in [1.29, 1.82) is 0 Å². The molecular formula is C7H13NO5S2. The summed E-state index contributed by atoms with van der Waals surface area (Å²) in [6, 6.07) is 0. The molecule has 0 saturated heterocycles. The zero-order chi connectivity index (χ0) is 12.3. The first-order chi connectivity index (χ1) is 6.59. The molecule has 88 valence electrons. The van der Waals surface area contributed by atoms with E-state index in [1.165, 1.54) is 0 Å². The number of hydrogen-bond donors (Lipinski definition) is 1. The molecule has 1 N–H and O–H groups in total. The van der Waals surface area contributed by atoms with Gasteiger partial charge in [0.15, 0.2) is 24.3 Å². The molecule has 0 aromatic carbocycles. The van der Waals surface area contributed by atoms with Crippen LogP contribution in [0.3, 0.4) is 0 Å². The molecule has 0 aromatic rings. The summed E-state index contributed by atoms with van der Waals surface area (Å²) in [7, 11) is -7.53. The van der Waals surface area contributed by atoms with Crippen LogP contribution in [-0.2, 0) is 24.5 Å². The van der Waals surface area contributed by atoms with Crippen molar-refractivity contribution in [2.45, 2.75) is 4.58 Å². The molecule has 0 aromatic heterocycles. The lowest BCUT2D eigenvalue weighted by Gasteiger charge is -2.12. The van der Waals surface area contributed by atoms with Crippen molar-refractivity contribution in [3.8, 4) is 0 Å². The first-order valence-electron chi connectivity index (χ1n) is 3.87. The second kappa shape index (κ2) is 4.75. The van der Waals surface area contributed by atoms with E-state index in [4.69, 9.17) is 0 Å². The molecule has 1 amide bonds. The minimum absolute atomic E-state index is 0.470. The number of carbonyl (C=O) groups is 1. The average Bonchev–Trinajstić information content (AvgIpc) is 1.99. The highest BCUT2D eigenvalue weighted by Crippen LogP contribution is 2.05. The van der Waals surface area contributed by atoms with Gasteiger partial charge in [0.2, 0.25) is 5.91 Å². The molecule has 0 heterocycles. The van der Waals surface area contributed by atoms with Crippen LogP contribution in [0.15, 0.2) is 12.7 Å². The summed E-state index contributed by atoms with van der Waals surface area (Å²) in [5.74, 6) is -0.618. The monoisotopic (exact) mass is 255 g/mol. The largest absolute Gasteiger partial charge is 0.350 e. The smallest absolute Gasteiger partial charge is 0.243 e. The Morgan fingerprint density at radius 1 is 1.27 bits per heavy atom. The summed E-state index contributed by atoms with van der Waals surface area (Å²) >= 11 is 0. The SMILES string of the molecule is C=CC(=O)NCC(S(C)(=O)=O)S(C)(=O)=O. The molecule has 0 aliphatic carbocycles. The summed E-state index contributed by atoms with van der Waals surface area (Å²) in [6.45, 7) is 2.68. The number of rotatable bonds is 5. The average molecular weight is 255 g/mol. The van der Waals surface area contributed by atoms with E-state index in [9.17, 15) is 21.6 Å². The highest BCUT2D eigenvalue weighted by Gasteiger charge is 2.31. The van der Waals surface area contributed by atoms with Gasteiger partial charge in [-0.2, -0.15) is 0 Å². The van der Waals surface area contributed by atoms with Crippen LogP contribution in [0.5, 0.6) is 0 Å². The summed E-state index contributed by atoms with van der Waals surface area (Å²) in [4.78, 5) is 10.8. The number of sulfone groups is 2. The Morgan fingerprint density at radius 2 is 1.67 bits per heavy atom. The molecule has 0 aliphatic heterocycles. The lowest BCUT2D eigenvalue weighted by atomic mass is 10.5. The van der Waals surface area contributed by atoms with Gasteiger partial charge in [-0.25, -0.2) is 16.8 Å². The van der Waals surface area contributed by atoms with Gasteiger partial charge in [0, 0.05) is 19.1 Å². The second-order valence-electron chi connectivity index (χ2n) is 3.04. The van der Waals surface area contributed by atoms with Gasteiger partial charge in [0.1, 0.15) is 0 Å². The molecule has 8 heteroatoms. The molecule has 0 saturated carbocycles. The van der Waals surface area contributed by atoms with E-state index in [1.807, 2.05) is 0 Å². The standard InChI is InChI=1S/C7H13NO5S2/c1-4-6(9)8-5-7(14(2,10)11)15(3,12)13/h4,7H,1,5H2,2-3H3,(H,8,9). The molecule has 0 spiro atoms. The minimum Gasteiger partial charge on any atom is -0.350 e. The van der Waals surface area contributed by atoms with E-state index >= 15 is 0 Å². The van der Waals surface area contributed by atoms with E-state index in [2.05, 4.69) is 11.9 Å². The van der Waals surface area contributed by atoms with Crippen molar-refractivity contribution in [3.05, 3.63) is 12.7 Å². The maximum atomic E-state index is 11.1. The molecule has 6 nitrogen and oxygen atoms in total. The van der Waals surface area contributed by atoms with Crippen LogP contribution in [0, 0.1) is 0 Å². The van der Waals surface area contributed by atoms with Gasteiger partial charge in [-0.15, -0.1) is 0 Å². The number of nitrogens with one attached hydrogen (secondary N) is 1. The lowest BCUT2D eigenvalue weighted by molar-refractivity contribution is -0.116. The van der Waals surface area contributed by atoms with Gasteiger partial charge in [-0.05, 0) is 6.08 Å². The molecule has 0 aliphatic rings. The maximum absolute atomic E-state index is 11.1. The third-order valence-corrected chi connectivity index (χ3v) is 5.92. The van der Waals surface area contributed by atoms with Gasteiger partial charge in [0.05, 0.1) is 0 Å². The molecule has 0 bridgehead atoms. The first kappa shape index (κ1) is 14.1. The van der Waals surface area contributed by atoms with Crippen molar-refractivity contribution >= 4 is 25.6 Å². The predicted molar refractivity (Wildman–Crippen MR) is 56.7 cm³/mol. The van der Waals surface area contributed by atoms with Crippen molar-refractivity contribution in [1.82, 2.24) is 5.32 Å². The van der Waals surface area contributed by atoms with Crippen molar-refractivity contribution < 1.29 is 21.6 Å². The van der Waals surface area contributed by atoms with Gasteiger partial charge in [-0.3, -0.25) is 4.79 Å². The molecule has 0 fully saturated rings. The van der Waals surface area contributed by atoms with Crippen LogP contribution in [0.2, 0.25) is 0 Å². The third kappa shape index (κ3) is 4.93. The van der Waals surface area contributed by atoms with E-state index in [-0.39, 0.29) is 0 Å². The van der Waals surface area contributed by atoms with Crippen molar-refractivity contribution in [2.75, 3.05) is 19.1 Å². The Hall–Kier alpha value is -0.890. The molecule has 0 radical (unpaired) electrons. The van der Waals surface area contributed by atoms with Crippen LogP contribution in [-0.4, -0.2) is 46.4 Å². The van der Waals surface area contributed by atoms with E-state index in [0.29, 0.717) is 0 Å². The summed E-state index contributed by atoms with van der Waals surface area (Å²) in [5.41, 5.74) is 0. The second-order valence-corrected chi connectivity index (χ2v) is 7.79. The molecular weight excluding hydrogens is 242 g/mol. The van der Waals surface area contributed by atoms with Gasteiger partial charge >= 0.3 is 0 Å². The normalized spacial score (nSPS) is 12.5. The molecule has 0 rings (SSSR count). The fraction of sp³-hybridized carbons (Fsp3) is 0.571. The maximum Gasteiger partial charge on any atom is 0.243 e. The van der Waals surface area contributed by atoms with Crippen LogP contribution < -0.4 is 5.32 Å². The van der Waals surface area contributed by atoms with Crippen LogP contribution in [0.4, 0.5) is 0 Å². The summed E-state index contributed by atoms with van der Waals surface area (Å²) < 4.78 is 42.9. The van der Waals surface area contributed by atoms with Gasteiger partial charge < -0.3 is 5.32 Å². The van der Waals surface area contributed by atoms with E-state index in [0.717, 1.165) is 18.6 Å². The van der Waals surface area contributed by atoms with Crippen molar-refractivity contribution in [2.24, 2.45) is 0 Å². The fourth-order valence-corrected chi connectivity index (χ4v) is 4.19. The predicted octanol–water partition coefficient (Wildman–Crippen LogP) is -1.30. The van der Waals surface area contributed by atoms with Crippen molar-refractivity contribution in [3.63, 3.8) is 0 Å². The quantitative estimate of drug-likeness (QED) is 0.616. The number of carbonyl (C=O) groups excluding carboxylic acids is 1. The first-order valence-corrected chi connectivity index (χ1v) is 7.78. The topological polar surface area (TPSA) is 97.4 Å². The van der Waals surface area contributed by atoms with Gasteiger partial charge in [-0.1, -0.05) is 6.58 Å². The van der Waals surface area contributed by atoms with E-state index in [1.54, 1.807) is 0 Å². The fourth-order valence-electron chi connectivity index (χ4n) is 0.876. The van der Waals surface area contributed by atoms with Crippen LogP contribution >= 0.6 is 0 Å². The zero-order valence-electron chi connectivity index (χ0n) is 8.43. The Morgan fingerprint density at radius 3 is 1.93 bits per heavy atom. The molecule has 0 atom stereocenters. The third-order valence-electron chi connectivity index (χ3n) is 1.58. The van der Waals surface area contributed by atoms with Crippen LogP contribution in [0.1, 0.15) is 0 Å². The Labute approximate surface area is 89.2 Å². The van der Waals surface area contributed by atoms with Gasteiger partial charge in [0.25, 0.3) is 0 Å². The zero-order valence-corrected chi connectivity index (χ0v) is 10.1. The minimum atomic E-state index is -3.76. The Balaban J connectivity index is 4.87. The van der Waals surface area contributed by atoms with Crippen LogP contribution in [0.25, 0.3) is 0 Å². The Kier molecular flexibility index (Phi) is 4.47. The summed E-state index contributed by atoms with van der Waals surface area (Å²) in [6.07, 6.45) is 2.54.